The molecule has 0 unspecified atom stereocenters. The number of rotatable bonds is 1. The molecule has 2 N–H and O–H groups in total. The third-order valence-corrected chi connectivity index (χ3v) is 1.06. The van der Waals surface area contributed by atoms with Crippen LogP contribution in [0.15, 0.2) is 11.5 Å². The lowest BCUT2D eigenvalue weighted by atomic mass is 9.80. The SMILES string of the molecule is OB(O)C1=CCOC1. The molecule has 0 fully saturated rings. The fourth-order valence-electron chi connectivity index (χ4n) is 0.582. The monoisotopic (exact) mass is 114 g/mol. The fraction of sp³-hybridized carbons (Fsp3) is 0.500. The summed E-state index contributed by atoms with van der Waals surface area (Å²) in [6.45, 7) is 0.866. The van der Waals surface area contributed by atoms with Crippen LogP contribution in [0.25, 0.3) is 0 Å². The Bertz CT molecular complexity index is 110. The van der Waals surface area contributed by atoms with Gasteiger partial charge in [0.05, 0.1) is 13.2 Å². The average Bonchev–Trinajstić information content (AvgIpc) is 2.12. The molecule has 0 amide bonds. The zero-order valence-corrected chi connectivity index (χ0v) is 4.37. The molecule has 0 aliphatic carbocycles. The lowest BCUT2D eigenvalue weighted by Crippen LogP contribution is -2.16. The Balaban J connectivity index is 2.45. The lowest BCUT2D eigenvalue weighted by Gasteiger charge is -1.94. The van der Waals surface area contributed by atoms with E-state index in [2.05, 4.69) is 0 Å². The van der Waals surface area contributed by atoms with Crippen LogP contribution < -0.4 is 0 Å². The highest BCUT2D eigenvalue weighted by atomic mass is 16.5. The number of ether oxygens (including phenoxy) is 1. The van der Waals surface area contributed by atoms with Crippen LogP contribution in [0.3, 0.4) is 0 Å². The molecule has 8 heavy (non-hydrogen) atoms. The first kappa shape index (κ1) is 5.82. The normalized spacial score (nSPS) is 18.5. The van der Waals surface area contributed by atoms with Gasteiger partial charge in [0.1, 0.15) is 0 Å². The van der Waals surface area contributed by atoms with Gasteiger partial charge in [-0.15, -0.1) is 0 Å². The number of hydrogen-bond donors (Lipinski definition) is 2. The second-order valence-corrected chi connectivity index (χ2v) is 1.67. The molecule has 1 heterocycles. The summed E-state index contributed by atoms with van der Waals surface area (Å²) >= 11 is 0. The Morgan fingerprint density at radius 2 is 2.38 bits per heavy atom. The highest BCUT2D eigenvalue weighted by molar-refractivity contribution is 6.50. The standard InChI is InChI=1S/C4H7BO3/c6-5(7)4-1-2-8-3-4/h1,6-7H,2-3H2. The van der Waals surface area contributed by atoms with E-state index < -0.39 is 7.12 Å². The van der Waals surface area contributed by atoms with Crippen molar-refractivity contribution in [2.24, 2.45) is 0 Å². The average molecular weight is 114 g/mol. The van der Waals surface area contributed by atoms with Crippen molar-refractivity contribution in [1.82, 2.24) is 0 Å². The molecule has 3 nitrogen and oxygen atoms in total. The van der Waals surface area contributed by atoms with Crippen LogP contribution in [0.1, 0.15) is 0 Å². The molecule has 1 aliphatic rings. The minimum absolute atomic E-state index is 0.359. The molecule has 0 saturated carbocycles. The van der Waals surface area contributed by atoms with Crippen molar-refractivity contribution < 1.29 is 14.8 Å². The Hall–Kier alpha value is -0.315. The maximum atomic E-state index is 8.46. The van der Waals surface area contributed by atoms with Crippen LogP contribution in [-0.4, -0.2) is 30.4 Å². The Kier molecular flexibility index (Phi) is 1.67. The quantitative estimate of drug-likeness (QED) is 0.428. The predicted molar refractivity (Wildman–Crippen MR) is 29.1 cm³/mol. The topological polar surface area (TPSA) is 49.7 Å². The fourth-order valence-corrected chi connectivity index (χ4v) is 0.582. The number of hydrogen-bond acceptors (Lipinski definition) is 3. The zero-order valence-electron chi connectivity index (χ0n) is 4.37. The third-order valence-electron chi connectivity index (χ3n) is 1.06. The van der Waals surface area contributed by atoms with Gasteiger partial charge in [0.25, 0.3) is 0 Å². The molecule has 0 aromatic carbocycles. The van der Waals surface area contributed by atoms with Crippen molar-refractivity contribution in [2.75, 3.05) is 13.2 Å². The molecule has 0 bridgehead atoms. The van der Waals surface area contributed by atoms with E-state index in [0.29, 0.717) is 18.7 Å². The van der Waals surface area contributed by atoms with Crippen LogP contribution in [-0.2, 0) is 4.74 Å². The van der Waals surface area contributed by atoms with Gasteiger partial charge in [-0.1, -0.05) is 6.08 Å². The van der Waals surface area contributed by atoms with Gasteiger partial charge in [-0.2, -0.15) is 0 Å². The van der Waals surface area contributed by atoms with E-state index in [1.165, 1.54) is 0 Å². The highest BCUT2D eigenvalue weighted by Gasteiger charge is 2.17. The van der Waals surface area contributed by atoms with Gasteiger partial charge in [-0.25, -0.2) is 0 Å². The molecule has 0 saturated heterocycles. The maximum absolute atomic E-state index is 8.46. The molecule has 0 aromatic rings. The van der Waals surface area contributed by atoms with Crippen molar-refractivity contribution >= 4 is 7.12 Å². The third kappa shape index (κ3) is 1.09. The first-order chi connectivity index (χ1) is 3.80. The summed E-state index contributed by atoms with van der Waals surface area (Å²) in [6.07, 6.45) is 1.67. The molecular weight excluding hydrogens is 107 g/mol. The van der Waals surface area contributed by atoms with Crippen molar-refractivity contribution in [2.45, 2.75) is 0 Å². The Labute approximate surface area is 47.7 Å². The highest BCUT2D eigenvalue weighted by Crippen LogP contribution is 2.03. The second kappa shape index (κ2) is 2.30. The molecule has 44 valence electrons. The van der Waals surface area contributed by atoms with E-state index in [0.717, 1.165) is 0 Å². The molecule has 0 radical (unpaired) electrons. The molecular formula is C4H7BO3. The van der Waals surface area contributed by atoms with Gasteiger partial charge >= 0.3 is 7.12 Å². The second-order valence-electron chi connectivity index (χ2n) is 1.67. The van der Waals surface area contributed by atoms with Crippen molar-refractivity contribution in [1.29, 1.82) is 0 Å². The molecule has 0 atom stereocenters. The molecule has 0 spiro atoms. The largest absolute Gasteiger partial charge is 0.486 e. The Morgan fingerprint density at radius 1 is 1.62 bits per heavy atom. The summed E-state index contributed by atoms with van der Waals surface area (Å²) in [5, 5.41) is 16.9. The van der Waals surface area contributed by atoms with Crippen molar-refractivity contribution in [3.63, 3.8) is 0 Å². The first-order valence-electron chi connectivity index (χ1n) is 2.43. The van der Waals surface area contributed by atoms with Crippen LogP contribution in [0.5, 0.6) is 0 Å². The molecule has 1 rings (SSSR count). The summed E-state index contributed by atoms with van der Waals surface area (Å²) in [5.74, 6) is 0. The minimum Gasteiger partial charge on any atom is -0.423 e. The van der Waals surface area contributed by atoms with E-state index in [1.807, 2.05) is 0 Å². The van der Waals surface area contributed by atoms with Gasteiger partial charge in [0.2, 0.25) is 0 Å². The Morgan fingerprint density at radius 3 is 2.62 bits per heavy atom. The summed E-state index contributed by atoms with van der Waals surface area (Å²) in [5.41, 5.74) is 0.560. The molecule has 4 heteroatoms. The van der Waals surface area contributed by atoms with Gasteiger partial charge in [-0.05, 0) is 5.47 Å². The lowest BCUT2D eigenvalue weighted by molar-refractivity contribution is 0.208. The van der Waals surface area contributed by atoms with Crippen LogP contribution in [0, 0.1) is 0 Å². The summed E-state index contributed by atoms with van der Waals surface area (Å²) in [4.78, 5) is 0. The van der Waals surface area contributed by atoms with E-state index in [4.69, 9.17) is 14.8 Å². The van der Waals surface area contributed by atoms with Gasteiger partial charge < -0.3 is 14.8 Å². The van der Waals surface area contributed by atoms with Gasteiger partial charge in [0.15, 0.2) is 0 Å². The van der Waals surface area contributed by atoms with E-state index in [1.54, 1.807) is 6.08 Å². The van der Waals surface area contributed by atoms with Crippen molar-refractivity contribution in [3.8, 4) is 0 Å². The van der Waals surface area contributed by atoms with Crippen LogP contribution >= 0.6 is 0 Å². The van der Waals surface area contributed by atoms with Crippen LogP contribution in [0.2, 0.25) is 0 Å². The predicted octanol–water partition coefficient (Wildman–Crippen LogP) is -1.05. The van der Waals surface area contributed by atoms with Gasteiger partial charge in [0, 0.05) is 0 Å². The first-order valence-corrected chi connectivity index (χ1v) is 2.43. The van der Waals surface area contributed by atoms with Crippen LogP contribution in [0.4, 0.5) is 0 Å². The molecule has 1 aliphatic heterocycles. The van der Waals surface area contributed by atoms with E-state index in [9.17, 15) is 0 Å². The van der Waals surface area contributed by atoms with Crippen molar-refractivity contribution in [3.05, 3.63) is 11.5 Å². The maximum Gasteiger partial charge on any atom is 0.486 e. The summed E-state index contributed by atoms with van der Waals surface area (Å²) < 4.78 is 4.81. The zero-order chi connectivity index (χ0) is 5.98. The summed E-state index contributed by atoms with van der Waals surface area (Å²) in [7, 11) is -1.32. The minimum atomic E-state index is -1.32. The summed E-state index contributed by atoms with van der Waals surface area (Å²) in [6, 6.07) is 0. The van der Waals surface area contributed by atoms with Gasteiger partial charge in [-0.3, -0.25) is 0 Å². The van der Waals surface area contributed by atoms with E-state index >= 15 is 0 Å². The molecule has 0 aromatic heterocycles. The smallest absolute Gasteiger partial charge is 0.423 e. The van der Waals surface area contributed by atoms with E-state index in [-0.39, 0.29) is 0 Å².